The monoisotopic (exact) mass is 104 g/mol. The Morgan fingerprint density at radius 2 is 2.00 bits per heavy atom. The molecule has 7 heavy (non-hydrogen) atoms. The smallest absolute Gasteiger partial charge is 0.318 e. The van der Waals surface area contributed by atoms with Gasteiger partial charge in [0.1, 0.15) is 0 Å². The molecule has 0 aliphatic heterocycles. The maximum absolute atomic E-state index is 9.84. The Labute approximate surface area is 40.7 Å². The zero-order valence-electron chi connectivity index (χ0n) is 3.89. The lowest BCUT2D eigenvalue weighted by atomic mass is 11.1. The number of carbonyl (C=O) groups excluding carboxylic acids is 2. The normalized spacial score (nSPS) is 7.57. The van der Waals surface area contributed by atoms with Crippen LogP contribution < -0.4 is 11.1 Å². The number of rotatable bonds is 0. The van der Waals surface area contributed by atoms with Crippen molar-refractivity contribution in [3.8, 4) is 0 Å². The van der Waals surface area contributed by atoms with Crippen LogP contribution in [0.4, 0.5) is 4.79 Å². The topological polar surface area (TPSA) is 72.2 Å². The molecule has 0 saturated heterocycles. The number of nitrogens with one attached hydrogen (secondary N) is 1. The molecule has 0 atom stereocenters. The summed E-state index contributed by atoms with van der Waals surface area (Å²) in [5, 5.41) is 1.81. The van der Waals surface area contributed by atoms with Crippen LogP contribution in [0, 0.1) is 0 Å². The fraction of sp³-hybridized carbons (Fsp3) is 0.333. The Kier molecular flexibility index (Phi) is 1.84. The van der Waals surface area contributed by atoms with Gasteiger partial charge in [0.2, 0.25) is 5.91 Å². The lowest BCUT2D eigenvalue weighted by molar-refractivity contribution is -0.117. The highest BCUT2D eigenvalue weighted by atomic mass is 16.2. The molecule has 4 nitrogen and oxygen atoms in total. The zero-order chi connectivity index (χ0) is 5.86. The lowest BCUT2D eigenvalue weighted by Crippen LogP contribution is -2.32. The van der Waals surface area contributed by atoms with E-state index in [4.69, 9.17) is 0 Å². The van der Waals surface area contributed by atoms with Crippen molar-refractivity contribution in [3.63, 3.8) is 0 Å². The second-order valence-electron chi connectivity index (χ2n) is 1.05. The molecule has 0 aromatic carbocycles. The van der Waals surface area contributed by atoms with E-state index in [0.717, 1.165) is 0 Å². The Morgan fingerprint density at radius 1 is 1.57 bits per heavy atom. The first-order valence-electron chi connectivity index (χ1n) is 1.70. The summed E-state index contributed by atoms with van der Waals surface area (Å²) in [6, 6.07) is -0.812. The van der Waals surface area contributed by atoms with Gasteiger partial charge in [-0.2, -0.15) is 0 Å². The molecule has 0 saturated carbocycles. The Bertz CT molecular complexity index is 87.1. The number of amides is 3. The van der Waals surface area contributed by atoms with E-state index in [0.29, 0.717) is 0 Å². The van der Waals surface area contributed by atoms with E-state index < -0.39 is 11.9 Å². The van der Waals surface area contributed by atoms with Gasteiger partial charge in [-0.05, 0) is 0 Å². The van der Waals surface area contributed by atoms with Gasteiger partial charge >= 0.3 is 6.03 Å². The van der Waals surface area contributed by atoms with Gasteiger partial charge in [0.15, 0.2) is 0 Å². The molecule has 0 heterocycles. The second-order valence-corrected chi connectivity index (χ2v) is 1.05. The summed E-state index contributed by atoms with van der Waals surface area (Å²) in [7, 11) is 0. The number of primary amides is 1. The van der Waals surface area contributed by atoms with Crippen LogP contribution in [0.15, 0.2) is 0 Å². The molecular formula is C3H6N2O2. The summed E-state index contributed by atoms with van der Waals surface area (Å²) in [6.45, 7) is 1.21. The molecule has 0 aromatic rings. The molecule has 3 N–H and O–H groups in total. The van der Waals surface area contributed by atoms with Crippen LogP contribution in [0.3, 0.4) is 0 Å². The van der Waals surface area contributed by atoms with E-state index in [1.807, 2.05) is 0 Å². The third-order valence-corrected chi connectivity index (χ3v) is 0.299. The Balaban J connectivity index is 3.32. The van der Waals surface area contributed by atoms with Gasteiger partial charge in [-0.1, -0.05) is 0 Å². The minimum Gasteiger partial charge on any atom is -0.351 e. The first kappa shape index (κ1) is 5.94. The zero-order valence-corrected chi connectivity index (χ0v) is 3.89. The highest BCUT2D eigenvalue weighted by Gasteiger charge is 1.91. The van der Waals surface area contributed by atoms with Gasteiger partial charge in [-0.3, -0.25) is 10.1 Å². The number of urea groups is 1. The maximum atomic E-state index is 9.84. The van der Waals surface area contributed by atoms with Crippen molar-refractivity contribution in [2.24, 2.45) is 5.73 Å². The second kappa shape index (κ2) is 2.17. The molecule has 0 fully saturated rings. The molecule has 0 aromatic heterocycles. The minimum atomic E-state index is -0.812. The van der Waals surface area contributed by atoms with Crippen molar-refractivity contribution in [1.82, 2.24) is 5.32 Å². The van der Waals surface area contributed by atoms with Gasteiger partial charge in [0.25, 0.3) is 0 Å². The third-order valence-electron chi connectivity index (χ3n) is 0.299. The Hall–Kier alpha value is -1.06. The van der Waals surface area contributed by atoms with Gasteiger partial charge < -0.3 is 5.73 Å². The van der Waals surface area contributed by atoms with Crippen molar-refractivity contribution in [1.29, 1.82) is 0 Å². The van der Waals surface area contributed by atoms with E-state index in [1.165, 1.54) is 6.92 Å². The van der Waals surface area contributed by atoms with E-state index >= 15 is 0 Å². The van der Waals surface area contributed by atoms with Crippen LogP contribution in [0.2, 0.25) is 0 Å². The number of nitrogens with two attached hydrogens (primary N) is 1. The third kappa shape index (κ3) is 4.94. The largest absolute Gasteiger partial charge is 0.351 e. The van der Waals surface area contributed by atoms with Gasteiger partial charge in [0.05, 0.1) is 0 Å². The average Bonchev–Trinajstić information content (AvgIpc) is 1.27. The fourth-order valence-electron chi connectivity index (χ4n) is 0.173. The number of hydrogen-bond donors (Lipinski definition) is 2. The molecule has 0 unspecified atom stereocenters. The lowest BCUT2D eigenvalue weighted by Gasteiger charge is -1.88. The predicted octanol–water partition coefficient (Wildman–Crippen LogP) is -0.799. The predicted molar refractivity (Wildman–Crippen MR) is 23.4 cm³/mol. The van der Waals surface area contributed by atoms with Crippen molar-refractivity contribution >= 4 is 11.9 Å². The summed E-state index contributed by atoms with van der Waals surface area (Å²) in [6.07, 6.45) is 0. The van der Waals surface area contributed by atoms with Gasteiger partial charge in [-0.15, -0.1) is 0 Å². The SMILES string of the molecule is [13CH3][13C](=O)NC(N)=O. The number of hydrogen-bond acceptors (Lipinski definition) is 2. The van der Waals surface area contributed by atoms with Crippen LogP contribution in [0.25, 0.3) is 0 Å². The van der Waals surface area contributed by atoms with Gasteiger partial charge in [0, 0.05) is 6.92 Å². The quantitative estimate of drug-likeness (QED) is 0.395. The average molecular weight is 104 g/mol. The highest BCUT2D eigenvalue weighted by molar-refractivity contribution is 5.91. The minimum absolute atomic E-state index is 0.437. The molecule has 0 aliphatic carbocycles. The molecule has 40 valence electrons. The molecule has 3 amide bonds. The number of imide groups is 1. The summed E-state index contributed by atoms with van der Waals surface area (Å²) in [4.78, 5) is 19.5. The van der Waals surface area contributed by atoms with Crippen LogP contribution in [0.5, 0.6) is 0 Å². The maximum Gasteiger partial charge on any atom is 0.318 e. The molecule has 0 radical (unpaired) electrons. The molecular weight excluding hydrogens is 98.0 g/mol. The molecule has 0 rings (SSSR count). The summed E-state index contributed by atoms with van der Waals surface area (Å²) < 4.78 is 0. The van der Waals surface area contributed by atoms with Crippen LogP contribution in [0.1, 0.15) is 6.92 Å². The summed E-state index contributed by atoms with van der Waals surface area (Å²) in [5.74, 6) is -0.437. The van der Waals surface area contributed by atoms with Crippen LogP contribution >= 0.6 is 0 Å². The fourth-order valence-corrected chi connectivity index (χ4v) is 0.173. The van der Waals surface area contributed by atoms with E-state index in [2.05, 4.69) is 5.73 Å². The van der Waals surface area contributed by atoms with E-state index in [1.54, 1.807) is 5.32 Å². The van der Waals surface area contributed by atoms with Gasteiger partial charge in [-0.25, -0.2) is 4.79 Å². The van der Waals surface area contributed by atoms with Crippen molar-refractivity contribution in [2.45, 2.75) is 6.92 Å². The summed E-state index contributed by atoms with van der Waals surface area (Å²) >= 11 is 0. The molecule has 0 aliphatic rings. The molecule has 4 heteroatoms. The van der Waals surface area contributed by atoms with Crippen molar-refractivity contribution in [2.75, 3.05) is 0 Å². The van der Waals surface area contributed by atoms with Crippen molar-refractivity contribution < 1.29 is 9.59 Å². The first-order chi connectivity index (χ1) is 3.13. The van der Waals surface area contributed by atoms with E-state index in [9.17, 15) is 9.59 Å². The van der Waals surface area contributed by atoms with E-state index in [-0.39, 0.29) is 0 Å². The first-order valence-corrected chi connectivity index (χ1v) is 1.70. The summed E-state index contributed by atoms with van der Waals surface area (Å²) in [5.41, 5.74) is 4.52. The highest BCUT2D eigenvalue weighted by Crippen LogP contribution is 1.55. The molecule has 0 spiro atoms. The number of carbonyl (C=O) groups is 2. The van der Waals surface area contributed by atoms with Crippen LogP contribution in [-0.4, -0.2) is 11.9 Å². The van der Waals surface area contributed by atoms with Crippen molar-refractivity contribution in [3.05, 3.63) is 0 Å². The molecule has 0 bridgehead atoms. The van der Waals surface area contributed by atoms with Crippen LogP contribution in [-0.2, 0) is 4.79 Å². The Morgan fingerprint density at radius 3 is 2.00 bits per heavy atom. The standard InChI is InChI=1S/C3H6N2O2/c1-2(6)5-3(4)7/h1H3,(H3,4,5,6,7)/i1+1,2+1.